The van der Waals surface area contributed by atoms with Gasteiger partial charge in [0.05, 0.1) is 0 Å². The molecule has 0 saturated heterocycles. The van der Waals surface area contributed by atoms with Crippen molar-refractivity contribution in [1.82, 2.24) is 14.7 Å². The summed E-state index contributed by atoms with van der Waals surface area (Å²) in [6.07, 6.45) is 2.75. The predicted molar refractivity (Wildman–Crippen MR) is 113 cm³/mol. The normalized spacial score (nSPS) is 12.9. The zero-order chi connectivity index (χ0) is 19.8. The van der Waals surface area contributed by atoms with Crippen LogP contribution in [0.4, 0.5) is 5.69 Å². The molecule has 1 aliphatic heterocycles. The van der Waals surface area contributed by atoms with Gasteiger partial charge >= 0.3 is 0 Å². The second-order valence-electron chi connectivity index (χ2n) is 6.88. The number of hydrogen-bond acceptors (Lipinski definition) is 4. The number of rotatable bonds is 4. The lowest BCUT2D eigenvalue weighted by molar-refractivity contribution is -0.119. The van der Waals surface area contributed by atoms with Crippen LogP contribution < -0.4 is 4.90 Å². The minimum absolute atomic E-state index is 0.0417. The van der Waals surface area contributed by atoms with Crippen molar-refractivity contribution in [1.29, 1.82) is 0 Å². The molecule has 4 aromatic rings. The Kier molecular flexibility index (Phi) is 4.52. The van der Waals surface area contributed by atoms with Gasteiger partial charge in [0.1, 0.15) is 12.2 Å². The van der Waals surface area contributed by atoms with E-state index in [1.165, 1.54) is 5.56 Å². The maximum Gasteiger partial charge on any atom is 0.274 e. The first kappa shape index (κ1) is 17.9. The van der Waals surface area contributed by atoms with Crippen molar-refractivity contribution < 1.29 is 9.32 Å². The quantitative estimate of drug-likeness (QED) is 0.459. The summed E-state index contributed by atoms with van der Waals surface area (Å²) in [5.41, 5.74) is 3.80. The number of nitrogens with zero attached hydrogens (tertiary/aromatic N) is 4. The van der Waals surface area contributed by atoms with Crippen molar-refractivity contribution >= 4 is 27.5 Å². The first-order chi connectivity index (χ1) is 14.2. The van der Waals surface area contributed by atoms with Gasteiger partial charge in [-0.05, 0) is 54.4 Å². The lowest BCUT2D eigenvalue weighted by Gasteiger charge is -2.18. The number of carbonyl (C=O) groups excluding carboxylic acids is 1. The van der Waals surface area contributed by atoms with E-state index in [-0.39, 0.29) is 12.5 Å². The van der Waals surface area contributed by atoms with Crippen LogP contribution in [0.1, 0.15) is 5.56 Å². The summed E-state index contributed by atoms with van der Waals surface area (Å²) in [5.74, 6) is 0.947. The average Bonchev–Trinajstić information content (AvgIpc) is 3.47. The van der Waals surface area contributed by atoms with Gasteiger partial charge in [-0.15, -0.1) is 0 Å². The van der Waals surface area contributed by atoms with E-state index in [0.29, 0.717) is 18.3 Å². The van der Waals surface area contributed by atoms with Crippen LogP contribution in [-0.2, 0) is 17.8 Å². The molecule has 0 N–H and O–H groups in total. The Hall–Kier alpha value is -3.19. The molecule has 0 spiro atoms. The number of halogens is 1. The molecular weight excluding hydrogens is 432 g/mol. The first-order valence-corrected chi connectivity index (χ1v) is 10.1. The molecule has 3 heterocycles. The molecule has 0 radical (unpaired) electrons. The number of amides is 1. The van der Waals surface area contributed by atoms with Crippen molar-refractivity contribution in [3.63, 3.8) is 0 Å². The number of aromatic nitrogens is 3. The third kappa shape index (κ3) is 3.38. The van der Waals surface area contributed by atoms with Gasteiger partial charge in [0.25, 0.3) is 5.89 Å². The minimum Gasteiger partial charge on any atom is -0.334 e. The van der Waals surface area contributed by atoms with Crippen LogP contribution in [0.5, 0.6) is 0 Å². The number of hydrogen-bond donors (Lipinski definition) is 0. The Bertz CT molecular complexity index is 1180. The van der Waals surface area contributed by atoms with Gasteiger partial charge in [-0.3, -0.25) is 4.79 Å². The van der Waals surface area contributed by atoms with Gasteiger partial charge in [-0.1, -0.05) is 39.3 Å². The van der Waals surface area contributed by atoms with Crippen LogP contribution in [0, 0.1) is 0 Å². The second-order valence-corrected chi connectivity index (χ2v) is 7.79. The third-order valence-electron chi connectivity index (χ3n) is 5.07. The summed E-state index contributed by atoms with van der Waals surface area (Å²) in [7, 11) is 0. The Balaban J connectivity index is 1.38. The van der Waals surface area contributed by atoms with Crippen LogP contribution in [0.3, 0.4) is 0 Å². The van der Waals surface area contributed by atoms with E-state index in [4.69, 9.17) is 4.52 Å². The van der Waals surface area contributed by atoms with Crippen LogP contribution in [-0.4, -0.2) is 27.2 Å². The van der Waals surface area contributed by atoms with Crippen LogP contribution in [0.2, 0.25) is 0 Å². The number of fused-ring (bicyclic) bond motifs is 1. The van der Waals surface area contributed by atoms with Crippen molar-refractivity contribution in [3.05, 3.63) is 76.9 Å². The SMILES string of the molecule is O=C(Cn1cccc1-c1nc(-c2ccc(Br)cc2)no1)N1CCc2ccccc21. The number of carbonyl (C=O) groups is 1. The molecule has 0 bridgehead atoms. The molecule has 1 amide bonds. The molecule has 0 aliphatic carbocycles. The van der Waals surface area contributed by atoms with E-state index in [2.05, 4.69) is 32.1 Å². The number of para-hydroxylation sites is 1. The molecular formula is C22H17BrN4O2. The fourth-order valence-electron chi connectivity index (χ4n) is 3.62. The summed E-state index contributed by atoms with van der Waals surface area (Å²) in [4.78, 5) is 19.3. The van der Waals surface area contributed by atoms with Gasteiger partial charge in [0.15, 0.2) is 0 Å². The molecule has 0 saturated carbocycles. The number of anilines is 1. The highest BCUT2D eigenvalue weighted by atomic mass is 79.9. The van der Waals surface area contributed by atoms with Crippen LogP contribution >= 0.6 is 15.9 Å². The topological polar surface area (TPSA) is 64.2 Å². The molecule has 29 heavy (non-hydrogen) atoms. The Morgan fingerprint density at radius 1 is 1.07 bits per heavy atom. The maximum absolute atomic E-state index is 13.0. The largest absolute Gasteiger partial charge is 0.334 e. The lowest BCUT2D eigenvalue weighted by Crippen LogP contribution is -2.32. The molecule has 1 aliphatic rings. The fraction of sp³-hybridized carbons (Fsp3) is 0.136. The fourth-order valence-corrected chi connectivity index (χ4v) is 3.88. The van der Waals surface area contributed by atoms with Crippen molar-refractivity contribution in [2.75, 3.05) is 11.4 Å². The molecule has 0 unspecified atom stereocenters. The van der Waals surface area contributed by atoms with Crippen molar-refractivity contribution in [2.45, 2.75) is 13.0 Å². The van der Waals surface area contributed by atoms with E-state index >= 15 is 0 Å². The van der Waals surface area contributed by atoms with Gasteiger partial charge in [0.2, 0.25) is 11.7 Å². The van der Waals surface area contributed by atoms with Crippen LogP contribution in [0.15, 0.2) is 75.9 Å². The van der Waals surface area contributed by atoms with E-state index in [9.17, 15) is 4.79 Å². The van der Waals surface area contributed by atoms with Gasteiger partial charge in [-0.2, -0.15) is 4.98 Å². The Morgan fingerprint density at radius 2 is 1.90 bits per heavy atom. The molecule has 5 rings (SSSR count). The Morgan fingerprint density at radius 3 is 2.76 bits per heavy atom. The Labute approximate surface area is 175 Å². The summed E-state index contributed by atoms with van der Waals surface area (Å²) in [5, 5.41) is 4.09. The predicted octanol–water partition coefficient (Wildman–Crippen LogP) is 4.56. The lowest BCUT2D eigenvalue weighted by atomic mass is 10.2. The standard InChI is InChI=1S/C22H17BrN4O2/c23-17-9-7-16(8-10-17)21-24-22(29-25-21)19-6-3-12-26(19)14-20(28)27-13-11-15-4-1-2-5-18(15)27/h1-10,12H,11,13-14H2. The summed E-state index contributed by atoms with van der Waals surface area (Å²) >= 11 is 3.42. The highest BCUT2D eigenvalue weighted by Gasteiger charge is 2.25. The zero-order valence-corrected chi connectivity index (χ0v) is 17.0. The highest BCUT2D eigenvalue weighted by molar-refractivity contribution is 9.10. The van der Waals surface area contributed by atoms with Gasteiger partial charge < -0.3 is 14.0 Å². The van der Waals surface area contributed by atoms with Gasteiger partial charge in [0, 0.05) is 28.5 Å². The third-order valence-corrected chi connectivity index (χ3v) is 5.60. The molecule has 2 aromatic carbocycles. The smallest absolute Gasteiger partial charge is 0.274 e. The first-order valence-electron chi connectivity index (χ1n) is 9.32. The molecule has 7 heteroatoms. The molecule has 2 aromatic heterocycles. The van der Waals surface area contributed by atoms with Gasteiger partial charge in [-0.25, -0.2) is 0 Å². The summed E-state index contributed by atoms with van der Waals surface area (Å²) in [6.45, 7) is 0.926. The molecule has 144 valence electrons. The van der Waals surface area contributed by atoms with Crippen molar-refractivity contribution in [3.8, 4) is 23.0 Å². The minimum atomic E-state index is 0.0417. The van der Waals surface area contributed by atoms with E-state index in [0.717, 1.165) is 27.8 Å². The van der Waals surface area contributed by atoms with E-state index in [1.54, 1.807) is 0 Å². The maximum atomic E-state index is 13.0. The van der Waals surface area contributed by atoms with Crippen molar-refractivity contribution in [2.24, 2.45) is 0 Å². The average molecular weight is 449 g/mol. The zero-order valence-electron chi connectivity index (χ0n) is 15.5. The summed E-state index contributed by atoms with van der Waals surface area (Å²) < 4.78 is 8.32. The second kappa shape index (κ2) is 7.33. The van der Waals surface area contributed by atoms with E-state index in [1.807, 2.05) is 70.3 Å². The summed E-state index contributed by atoms with van der Waals surface area (Å²) in [6, 6.07) is 19.5. The van der Waals surface area contributed by atoms with E-state index < -0.39 is 0 Å². The molecule has 0 fully saturated rings. The highest BCUT2D eigenvalue weighted by Crippen LogP contribution is 2.28. The number of benzene rings is 2. The van der Waals surface area contributed by atoms with Crippen LogP contribution in [0.25, 0.3) is 23.0 Å². The monoisotopic (exact) mass is 448 g/mol. The molecule has 6 nitrogen and oxygen atoms in total. The molecule has 0 atom stereocenters.